The maximum Gasteiger partial charge on any atom is 2.00 e. The van der Waals surface area contributed by atoms with E-state index in [0.29, 0.717) is 0 Å². The van der Waals surface area contributed by atoms with Crippen LogP contribution in [0, 0.1) is 11.8 Å². The Kier molecular flexibility index (Phi) is 17.8. The summed E-state index contributed by atoms with van der Waals surface area (Å²) in [5.41, 5.74) is 0. The number of carbonyl (C=O) groups is 1. The summed E-state index contributed by atoms with van der Waals surface area (Å²) < 4.78 is 0. The molecule has 0 aromatic heterocycles. The van der Waals surface area contributed by atoms with E-state index in [-0.39, 0.29) is 28.6 Å². The van der Waals surface area contributed by atoms with Gasteiger partial charge in [-0.1, -0.05) is 6.92 Å². The summed E-state index contributed by atoms with van der Waals surface area (Å²) in [6, 6.07) is 0. The van der Waals surface area contributed by atoms with Crippen LogP contribution in [0.1, 0.15) is 13.8 Å². The molecule has 0 N–H and O–H groups in total. The average Bonchev–Trinajstić information content (AvgIpc) is 1.68. The molecule has 0 aliphatic heterocycles. The molecule has 0 unspecified atom stereocenters. The van der Waals surface area contributed by atoms with Crippen molar-refractivity contribution in [3.8, 4) is 0 Å². The Bertz CT molecular complexity index is 136. The van der Waals surface area contributed by atoms with Gasteiger partial charge >= 0.3 is 17.1 Å². The first-order valence-corrected chi connectivity index (χ1v) is 2.21. The van der Waals surface area contributed by atoms with E-state index in [0.717, 1.165) is 6.08 Å². The predicted octanol–water partition coefficient (Wildman–Crippen LogP) is -0.0666. The van der Waals surface area contributed by atoms with Crippen molar-refractivity contribution < 1.29 is 27.0 Å². The quantitative estimate of drug-likeness (QED) is 0.245. The molecule has 0 rings (SSSR count). The standard InChI is InChI=1S/C5H8O2.CN.Mn/c1-4(6)3-5(2)7;1-2;/h3,6H,1-2H3;;/q;-1;+2/p-1/b4-3-;;. The summed E-state index contributed by atoms with van der Waals surface area (Å²) >= 11 is 0. The summed E-state index contributed by atoms with van der Waals surface area (Å²) in [5.74, 6) is -0.375. The van der Waals surface area contributed by atoms with Gasteiger partial charge in [0.15, 0.2) is 5.78 Å². The van der Waals surface area contributed by atoms with Crippen molar-refractivity contribution in [3.63, 3.8) is 0 Å². The summed E-state index contributed by atoms with van der Waals surface area (Å²) in [6.07, 6.45) is 1.06. The number of ketones is 1. The van der Waals surface area contributed by atoms with Gasteiger partial charge < -0.3 is 16.9 Å². The second kappa shape index (κ2) is 11.1. The Labute approximate surface area is 70.8 Å². The second-order valence-electron chi connectivity index (χ2n) is 1.37. The molecular formula is C6H7MnNO2. The molecular weight excluding hydrogens is 173 g/mol. The Morgan fingerprint density at radius 1 is 1.50 bits per heavy atom. The summed E-state index contributed by atoms with van der Waals surface area (Å²) in [6.45, 7) is 7.45. The Morgan fingerprint density at radius 3 is 1.80 bits per heavy atom. The SMILES string of the molecule is CC(=O)/C=C(/C)[O-].[C-]#N.[Mn+2]. The van der Waals surface area contributed by atoms with Gasteiger partial charge in [0.25, 0.3) is 0 Å². The zero-order valence-electron chi connectivity index (χ0n) is 5.72. The van der Waals surface area contributed by atoms with Crippen LogP contribution in [0.15, 0.2) is 11.8 Å². The number of carbonyl (C=O) groups excluding carboxylic acids is 1. The van der Waals surface area contributed by atoms with E-state index in [1.54, 1.807) is 0 Å². The number of rotatable bonds is 1. The molecule has 0 saturated heterocycles. The summed E-state index contributed by atoms with van der Waals surface area (Å²) in [4.78, 5) is 9.98. The minimum absolute atomic E-state index is 0. The van der Waals surface area contributed by atoms with Crippen molar-refractivity contribution in [2.45, 2.75) is 13.8 Å². The third-order valence-corrected chi connectivity index (χ3v) is 0.407. The van der Waals surface area contributed by atoms with Crippen LogP contribution in [-0.4, -0.2) is 5.78 Å². The fourth-order valence-electron chi connectivity index (χ4n) is 0.286. The van der Waals surface area contributed by atoms with E-state index in [1.807, 2.05) is 0 Å². The molecule has 0 atom stereocenters. The maximum absolute atomic E-state index is 9.98. The molecule has 0 fully saturated rings. The van der Waals surface area contributed by atoms with E-state index in [1.165, 1.54) is 13.8 Å². The van der Waals surface area contributed by atoms with Gasteiger partial charge in [0.2, 0.25) is 0 Å². The summed E-state index contributed by atoms with van der Waals surface area (Å²) in [5, 5.41) is 16.2. The van der Waals surface area contributed by atoms with Crippen LogP contribution >= 0.6 is 0 Å². The van der Waals surface area contributed by atoms with Crippen LogP contribution in [0.4, 0.5) is 0 Å². The van der Waals surface area contributed by atoms with E-state index >= 15 is 0 Å². The van der Waals surface area contributed by atoms with Crippen LogP contribution in [0.3, 0.4) is 0 Å². The number of hydrogen-bond acceptors (Lipinski definition) is 3. The predicted molar refractivity (Wildman–Crippen MR) is 29.4 cm³/mol. The van der Waals surface area contributed by atoms with E-state index in [9.17, 15) is 9.90 Å². The molecule has 3 nitrogen and oxygen atoms in total. The minimum atomic E-state index is -0.187. The van der Waals surface area contributed by atoms with Crippen molar-refractivity contribution in [2.24, 2.45) is 0 Å². The molecule has 0 aromatic rings. The Balaban J connectivity index is -0.000000149. The molecule has 0 aliphatic rings. The van der Waals surface area contributed by atoms with E-state index in [4.69, 9.17) is 11.8 Å². The molecule has 0 bridgehead atoms. The molecule has 0 spiro atoms. The fraction of sp³-hybridized carbons (Fsp3) is 0.333. The molecule has 0 aromatic carbocycles. The molecule has 0 heterocycles. The molecule has 55 valence electrons. The van der Waals surface area contributed by atoms with Gasteiger partial charge in [0.05, 0.1) is 0 Å². The molecule has 0 aliphatic carbocycles. The molecule has 1 radical (unpaired) electrons. The number of hydrogen-bond donors (Lipinski definition) is 0. The van der Waals surface area contributed by atoms with E-state index in [2.05, 4.69) is 0 Å². The maximum atomic E-state index is 9.98. The van der Waals surface area contributed by atoms with Crippen molar-refractivity contribution >= 4 is 5.78 Å². The molecule has 0 amide bonds. The normalized spacial score (nSPS) is 8.20. The molecule has 10 heavy (non-hydrogen) atoms. The van der Waals surface area contributed by atoms with Crippen LogP contribution in [0.5, 0.6) is 0 Å². The Hall–Kier alpha value is -0.781. The first-order chi connectivity index (χ1) is 4.13. The van der Waals surface area contributed by atoms with Gasteiger partial charge in [-0.3, -0.25) is 4.79 Å². The van der Waals surface area contributed by atoms with Crippen molar-refractivity contribution in [2.75, 3.05) is 0 Å². The second-order valence-corrected chi connectivity index (χ2v) is 1.37. The van der Waals surface area contributed by atoms with Crippen LogP contribution in [0.25, 0.3) is 0 Å². The monoisotopic (exact) mass is 180 g/mol. The van der Waals surface area contributed by atoms with E-state index < -0.39 is 0 Å². The van der Waals surface area contributed by atoms with Crippen LogP contribution in [0.2, 0.25) is 0 Å². The van der Waals surface area contributed by atoms with Gasteiger partial charge in [0, 0.05) is 0 Å². The fourth-order valence-corrected chi connectivity index (χ4v) is 0.286. The molecule has 4 heteroatoms. The smallest absolute Gasteiger partial charge is 0.876 e. The van der Waals surface area contributed by atoms with Crippen LogP contribution in [-0.2, 0) is 21.9 Å². The summed E-state index contributed by atoms with van der Waals surface area (Å²) in [7, 11) is 0. The van der Waals surface area contributed by atoms with Gasteiger partial charge in [-0.25, -0.2) is 0 Å². The van der Waals surface area contributed by atoms with Crippen molar-refractivity contribution in [3.05, 3.63) is 18.4 Å². The first-order valence-electron chi connectivity index (χ1n) is 2.21. The third kappa shape index (κ3) is 26.9. The van der Waals surface area contributed by atoms with Crippen LogP contribution < -0.4 is 5.11 Å². The number of allylic oxidation sites excluding steroid dienone is 2. The minimum Gasteiger partial charge on any atom is -0.876 e. The van der Waals surface area contributed by atoms with Gasteiger partial charge in [-0.15, -0.1) is 5.76 Å². The number of nitrogens with zero attached hydrogens (tertiary/aromatic N) is 1. The third-order valence-electron chi connectivity index (χ3n) is 0.407. The van der Waals surface area contributed by atoms with Gasteiger partial charge in [0.1, 0.15) is 0 Å². The van der Waals surface area contributed by atoms with Crippen molar-refractivity contribution in [1.29, 1.82) is 5.26 Å². The van der Waals surface area contributed by atoms with Gasteiger partial charge in [-0.2, -0.15) is 0 Å². The zero-order valence-corrected chi connectivity index (χ0v) is 6.90. The largest absolute Gasteiger partial charge is 2.00 e. The first kappa shape index (κ1) is 16.1. The molecule has 0 saturated carbocycles. The zero-order chi connectivity index (χ0) is 7.86. The topological polar surface area (TPSA) is 63.9 Å². The Morgan fingerprint density at radius 2 is 1.80 bits per heavy atom. The van der Waals surface area contributed by atoms with Gasteiger partial charge in [-0.05, 0) is 13.0 Å². The average molecular weight is 180 g/mol. The van der Waals surface area contributed by atoms with Crippen molar-refractivity contribution in [1.82, 2.24) is 0 Å².